The molecule has 2 N–H and O–H groups in total. The van der Waals surface area contributed by atoms with Gasteiger partial charge in [-0.2, -0.15) is 5.26 Å². The molecular weight excluding hydrogens is 402 g/mol. The van der Waals surface area contributed by atoms with Crippen molar-refractivity contribution >= 4 is 22.8 Å². The van der Waals surface area contributed by atoms with Crippen LogP contribution in [0.25, 0.3) is 33.7 Å². The lowest BCUT2D eigenvalue weighted by Gasteiger charge is -2.25. The minimum atomic E-state index is -0.354. The predicted molar refractivity (Wildman–Crippen MR) is 123 cm³/mol. The second-order valence-corrected chi connectivity index (χ2v) is 8.46. The maximum Gasteiger partial charge on any atom is 0.219 e. The Morgan fingerprint density at radius 1 is 1.09 bits per heavy atom. The van der Waals surface area contributed by atoms with Crippen molar-refractivity contribution in [1.29, 1.82) is 5.26 Å². The number of rotatable bonds is 4. The van der Waals surface area contributed by atoms with E-state index < -0.39 is 0 Å². The number of imidazole rings is 1. The Balaban J connectivity index is 2.01. The molecule has 0 bridgehead atoms. The van der Waals surface area contributed by atoms with E-state index in [1.165, 1.54) is 0 Å². The maximum absolute atomic E-state index is 12.7. The van der Waals surface area contributed by atoms with Gasteiger partial charge in [0.1, 0.15) is 17.5 Å². The first kappa shape index (κ1) is 21.1. The number of pyridine rings is 1. The fourth-order valence-corrected chi connectivity index (χ4v) is 3.69. The summed E-state index contributed by atoms with van der Waals surface area (Å²) in [6, 6.07) is 11.2. The van der Waals surface area contributed by atoms with Gasteiger partial charge in [-0.15, -0.1) is 0 Å². The lowest BCUT2D eigenvalue weighted by atomic mass is 10.0. The third-order valence-electron chi connectivity index (χ3n) is 5.17. The number of benzene rings is 1. The summed E-state index contributed by atoms with van der Waals surface area (Å²) in [5, 5.41) is 9.40. The number of hydrogen-bond acceptors (Lipinski definition) is 7. The van der Waals surface area contributed by atoms with E-state index in [4.69, 9.17) is 10.7 Å². The molecule has 0 unspecified atom stereocenters. The minimum absolute atomic E-state index is 0.0517. The molecule has 0 atom stereocenters. The van der Waals surface area contributed by atoms with Crippen molar-refractivity contribution in [3.8, 4) is 28.7 Å². The molecule has 32 heavy (non-hydrogen) atoms. The van der Waals surface area contributed by atoms with Crippen molar-refractivity contribution in [3.63, 3.8) is 0 Å². The highest BCUT2D eigenvalue weighted by Crippen LogP contribution is 2.34. The molecule has 3 heterocycles. The van der Waals surface area contributed by atoms with Gasteiger partial charge in [0.15, 0.2) is 11.6 Å². The summed E-state index contributed by atoms with van der Waals surface area (Å²) in [6.45, 7) is 8.00. The molecule has 0 saturated carbocycles. The van der Waals surface area contributed by atoms with Crippen LogP contribution < -0.4 is 5.73 Å². The van der Waals surface area contributed by atoms with Gasteiger partial charge in [-0.3, -0.25) is 4.79 Å². The molecule has 8 nitrogen and oxygen atoms in total. The molecule has 160 valence electrons. The summed E-state index contributed by atoms with van der Waals surface area (Å²) in [5.74, 6) is 0.710. The van der Waals surface area contributed by atoms with Crippen LogP contribution in [-0.2, 0) is 5.54 Å². The zero-order valence-electron chi connectivity index (χ0n) is 18.4. The average molecular weight is 425 g/mol. The Morgan fingerprint density at radius 2 is 1.81 bits per heavy atom. The number of fused-ring (bicyclic) bond motifs is 1. The molecule has 0 aliphatic rings. The number of nitrogens with two attached hydrogens (primary N) is 1. The van der Waals surface area contributed by atoms with Crippen LogP contribution in [0.5, 0.6) is 0 Å². The van der Waals surface area contributed by atoms with Gasteiger partial charge in [-0.25, -0.2) is 19.9 Å². The highest BCUT2D eigenvalue weighted by molar-refractivity contribution is 6.01. The number of nitrogens with zero attached hydrogens (tertiary/aromatic N) is 6. The molecule has 0 fully saturated rings. The van der Waals surface area contributed by atoms with E-state index in [0.29, 0.717) is 23.5 Å². The summed E-state index contributed by atoms with van der Waals surface area (Å²) in [6.07, 6.45) is 3.67. The summed E-state index contributed by atoms with van der Waals surface area (Å²) >= 11 is 0. The number of nitrogen functional groups attached to an aromatic ring is 1. The van der Waals surface area contributed by atoms with Crippen LogP contribution in [0.2, 0.25) is 0 Å². The largest absolute Gasteiger partial charge is 0.368 e. The van der Waals surface area contributed by atoms with Gasteiger partial charge in [-0.05, 0) is 50.6 Å². The van der Waals surface area contributed by atoms with Crippen molar-refractivity contribution < 1.29 is 4.79 Å². The van der Waals surface area contributed by atoms with Gasteiger partial charge < -0.3 is 10.3 Å². The van der Waals surface area contributed by atoms with Gasteiger partial charge in [0, 0.05) is 35.5 Å². The molecule has 8 heteroatoms. The van der Waals surface area contributed by atoms with Gasteiger partial charge in [-0.1, -0.05) is 13.0 Å². The Hall–Kier alpha value is -4.12. The van der Waals surface area contributed by atoms with E-state index in [1.54, 1.807) is 31.5 Å². The van der Waals surface area contributed by atoms with E-state index in [9.17, 15) is 10.1 Å². The standard InChI is InChI=1S/C24H23N7O/c1-5-20(32)17-8-7-16(11-25)29-21(17)22-30-18-10-14(15-12-27-23(26)28-13-15)6-9-19(18)31(22)24(2,3)4/h6-10,12-13H,5H2,1-4H3,(H2,26,27,28). The molecular formula is C24H23N7O. The monoisotopic (exact) mass is 425 g/mol. The molecule has 0 radical (unpaired) electrons. The Kier molecular flexibility index (Phi) is 5.18. The Morgan fingerprint density at radius 3 is 2.44 bits per heavy atom. The van der Waals surface area contributed by atoms with E-state index in [2.05, 4.69) is 46.4 Å². The molecule has 3 aromatic heterocycles. The number of nitriles is 1. The topological polar surface area (TPSA) is 123 Å². The zero-order chi connectivity index (χ0) is 23.0. The van der Waals surface area contributed by atoms with Crippen LogP contribution in [0, 0.1) is 11.3 Å². The first-order chi connectivity index (χ1) is 15.2. The Labute approximate surface area is 185 Å². The SMILES string of the molecule is CCC(=O)c1ccc(C#N)nc1-c1nc2cc(-c3cnc(N)nc3)ccc2n1C(C)(C)C. The maximum atomic E-state index is 12.7. The van der Waals surface area contributed by atoms with E-state index in [1.807, 2.05) is 18.2 Å². The molecule has 0 aliphatic heterocycles. The van der Waals surface area contributed by atoms with Crippen LogP contribution >= 0.6 is 0 Å². The minimum Gasteiger partial charge on any atom is -0.368 e. The number of hydrogen-bond donors (Lipinski definition) is 1. The van der Waals surface area contributed by atoms with Crippen LogP contribution in [-0.4, -0.2) is 30.3 Å². The Bertz CT molecular complexity index is 1370. The summed E-state index contributed by atoms with van der Waals surface area (Å²) in [5.41, 5.74) is 9.71. The first-order valence-corrected chi connectivity index (χ1v) is 10.3. The molecule has 0 spiro atoms. The van der Waals surface area contributed by atoms with Crippen LogP contribution in [0.3, 0.4) is 0 Å². The van der Waals surface area contributed by atoms with Gasteiger partial charge in [0.25, 0.3) is 0 Å². The third-order valence-corrected chi connectivity index (χ3v) is 5.17. The summed E-state index contributed by atoms with van der Waals surface area (Å²) in [7, 11) is 0. The summed E-state index contributed by atoms with van der Waals surface area (Å²) in [4.78, 5) is 30.2. The first-order valence-electron chi connectivity index (χ1n) is 10.3. The molecule has 4 aromatic rings. The van der Waals surface area contributed by atoms with Gasteiger partial charge >= 0.3 is 0 Å². The van der Waals surface area contributed by atoms with Crippen LogP contribution in [0.15, 0.2) is 42.7 Å². The quantitative estimate of drug-likeness (QED) is 0.482. The highest BCUT2D eigenvalue weighted by Gasteiger charge is 2.26. The lowest BCUT2D eigenvalue weighted by Crippen LogP contribution is -2.23. The zero-order valence-corrected chi connectivity index (χ0v) is 18.4. The third kappa shape index (κ3) is 3.69. The molecule has 0 saturated heterocycles. The van der Waals surface area contributed by atoms with Crippen LogP contribution in [0.1, 0.15) is 50.2 Å². The van der Waals surface area contributed by atoms with Crippen molar-refractivity contribution in [1.82, 2.24) is 24.5 Å². The summed E-state index contributed by atoms with van der Waals surface area (Å²) < 4.78 is 2.06. The van der Waals surface area contributed by atoms with Crippen LogP contribution in [0.4, 0.5) is 5.95 Å². The predicted octanol–water partition coefficient (Wildman–Crippen LogP) is 4.36. The normalized spacial score (nSPS) is 11.5. The van der Waals surface area contributed by atoms with Gasteiger partial charge in [0.2, 0.25) is 5.95 Å². The molecule has 0 amide bonds. The van der Waals surface area contributed by atoms with Crippen molar-refractivity contribution in [2.45, 2.75) is 39.7 Å². The highest BCUT2D eigenvalue weighted by atomic mass is 16.1. The number of Topliss-reactive ketones (excluding diaryl/α,β-unsaturated/α-hetero) is 1. The van der Waals surface area contributed by atoms with Crippen molar-refractivity contribution in [3.05, 3.63) is 54.0 Å². The second kappa shape index (κ2) is 7.85. The fraction of sp³-hybridized carbons (Fsp3) is 0.250. The van der Waals surface area contributed by atoms with E-state index >= 15 is 0 Å². The second-order valence-electron chi connectivity index (χ2n) is 8.46. The molecule has 4 rings (SSSR count). The number of carbonyl (C=O) groups excluding carboxylic acids is 1. The number of carbonyl (C=O) groups is 1. The fourth-order valence-electron chi connectivity index (χ4n) is 3.69. The van der Waals surface area contributed by atoms with E-state index in [-0.39, 0.29) is 23.0 Å². The molecule has 1 aromatic carbocycles. The number of ketones is 1. The number of anilines is 1. The average Bonchev–Trinajstić information content (AvgIpc) is 3.17. The van der Waals surface area contributed by atoms with Crippen molar-refractivity contribution in [2.24, 2.45) is 0 Å². The lowest BCUT2D eigenvalue weighted by molar-refractivity contribution is 0.0988. The van der Waals surface area contributed by atoms with Gasteiger partial charge in [0.05, 0.1) is 11.0 Å². The molecule has 0 aliphatic carbocycles. The van der Waals surface area contributed by atoms with E-state index in [0.717, 1.165) is 22.2 Å². The smallest absolute Gasteiger partial charge is 0.219 e. The van der Waals surface area contributed by atoms with Crippen molar-refractivity contribution in [2.75, 3.05) is 5.73 Å². The number of aromatic nitrogens is 5.